The number of rotatable bonds is 2. The van der Waals surface area contributed by atoms with E-state index in [2.05, 4.69) is 70.5 Å². The van der Waals surface area contributed by atoms with Gasteiger partial charge >= 0.3 is 0 Å². The summed E-state index contributed by atoms with van der Waals surface area (Å²) < 4.78 is 0. The van der Waals surface area contributed by atoms with Gasteiger partial charge in [-0.15, -0.1) is 0 Å². The van der Waals surface area contributed by atoms with Gasteiger partial charge in [0.15, 0.2) is 0 Å². The molecule has 0 amide bonds. The predicted molar refractivity (Wildman–Crippen MR) is 109 cm³/mol. The number of aromatic nitrogens is 1. The van der Waals surface area contributed by atoms with E-state index in [1.54, 1.807) is 0 Å². The van der Waals surface area contributed by atoms with Crippen LogP contribution in [0.15, 0.2) is 48.7 Å². The Morgan fingerprint density at radius 2 is 1.77 bits per heavy atom. The highest BCUT2D eigenvalue weighted by Gasteiger charge is 2.22. The van der Waals surface area contributed by atoms with E-state index in [4.69, 9.17) is 0 Å². The van der Waals surface area contributed by atoms with Crippen LogP contribution in [-0.4, -0.2) is 36.6 Å². The summed E-state index contributed by atoms with van der Waals surface area (Å²) in [5.74, 6) is 0.702. The zero-order valence-corrected chi connectivity index (χ0v) is 15.5. The van der Waals surface area contributed by atoms with Gasteiger partial charge in [0.25, 0.3) is 0 Å². The highest BCUT2D eigenvalue weighted by molar-refractivity contribution is 5.87. The standard InChI is InChI=1S/C23H27N3/c1-25-11-8-18(9-12-25)22-15-24-23-14-20(6-7-21(22)23)26-13-10-17-4-2-3-5-19(17)16-26/h2-7,14-15,18,24H,8-13,16H2,1H3. The second kappa shape index (κ2) is 6.48. The summed E-state index contributed by atoms with van der Waals surface area (Å²) in [5.41, 5.74) is 7.12. The molecule has 0 unspecified atom stereocenters. The minimum atomic E-state index is 0.702. The number of benzene rings is 2. The van der Waals surface area contributed by atoms with Crippen molar-refractivity contribution in [2.75, 3.05) is 31.6 Å². The van der Waals surface area contributed by atoms with Crippen molar-refractivity contribution in [3.05, 3.63) is 65.4 Å². The maximum Gasteiger partial charge on any atom is 0.0477 e. The first kappa shape index (κ1) is 16.0. The van der Waals surface area contributed by atoms with Gasteiger partial charge in [0.2, 0.25) is 0 Å². The molecular weight excluding hydrogens is 318 g/mol. The molecule has 0 bridgehead atoms. The van der Waals surface area contributed by atoms with E-state index in [1.165, 1.54) is 59.2 Å². The lowest BCUT2D eigenvalue weighted by Gasteiger charge is -2.31. The summed E-state index contributed by atoms with van der Waals surface area (Å²) in [6, 6.07) is 15.9. The molecular formula is C23H27N3. The number of hydrogen-bond acceptors (Lipinski definition) is 2. The summed E-state index contributed by atoms with van der Waals surface area (Å²) in [7, 11) is 2.23. The van der Waals surface area contributed by atoms with Gasteiger partial charge < -0.3 is 14.8 Å². The van der Waals surface area contributed by atoms with E-state index in [0.29, 0.717) is 5.92 Å². The number of aromatic amines is 1. The molecule has 0 aliphatic carbocycles. The fourth-order valence-electron chi connectivity index (χ4n) is 4.71. The highest BCUT2D eigenvalue weighted by Crippen LogP contribution is 2.35. The van der Waals surface area contributed by atoms with Crippen molar-refractivity contribution in [3.63, 3.8) is 0 Å². The third-order valence-electron chi connectivity index (χ3n) is 6.35. The van der Waals surface area contributed by atoms with E-state index in [9.17, 15) is 0 Å². The first-order valence-corrected chi connectivity index (χ1v) is 9.89. The summed E-state index contributed by atoms with van der Waals surface area (Å²) in [6.07, 6.45) is 5.94. The summed E-state index contributed by atoms with van der Waals surface area (Å²) >= 11 is 0. The molecule has 3 heteroatoms. The molecule has 0 saturated carbocycles. The number of likely N-dealkylation sites (tertiary alicyclic amines) is 1. The molecule has 1 N–H and O–H groups in total. The molecule has 1 saturated heterocycles. The molecule has 2 aliphatic rings. The Morgan fingerprint density at radius 1 is 0.962 bits per heavy atom. The molecule has 0 radical (unpaired) electrons. The van der Waals surface area contributed by atoms with Gasteiger partial charge in [-0.05, 0) is 74.1 Å². The smallest absolute Gasteiger partial charge is 0.0477 e. The molecule has 1 fully saturated rings. The molecule has 0 atom stereocenters. The minimum absolute atomic E-state index is 0.702. The van der Waals surface area contributed by atoms with E-state index in [-0.39, 0.29) is 0 Å². The van der Waals surface area contributed by atoms with Crippen LogP contribution in [0.1, 0.15) is 35.4 Å². The maximum absolute atomic E-state index is 3.56. The Bertz CT molecular complexity index is 918. The zero-order chi connectivity index (χ0) is 17.5. The number of nitrogens with one attached hydrogen (secondary N) is 1. The van der Waals surface area contributed by atoms with Gasteiger partial charge in [-0.3, -0.25) is 0 Å². The number of H-pyrrole nitrogens is 1. The SMILES string of the molecule is CN1CCC(c2c[nH]c3cc(N4CCc5ccccc5C4)ccc23)CC1. The van der Waals surface area contributed by atoms with Gasteiger partial charge in [-0.2, -0.15) is 0 Å². The maximum atomic E-state index is 3.56. The van der Waals surface area contributed by atoms with E-state index in [1.807, 2.05) is 0 Å². The first-order chi connectivity index (χ1) is 12.8. The van der Waals surface area contributed by atoms with Crippen LogP contribution in [0, 0.1) is 0 Å². The third-order valence-corrected chi connectivity index (χ3v) is 6.35. The van der Waals surface area contributed by atoms with Gasteiger partial charge in [0, 0.05) is 35.9 Å². The van der Waals surface area contributed by atoms with Gasteiger partial charge in [0.05, 0.1) is 0 Å². The molecule has 3 aromatic rings. The molecule has 1 aromatic heterocycles. The van der Waals surface area contributed by atoms with E-state index < -0.39 is 0 Å². The lowest BCUT2D eigenvalue weighted by molar-refractivity contribution is 0.256. The topological polar surface area (TPSA) is 22.3 Å². The van der Waals surface area contributed by atoms with Crippen molar-refractivity contribution < 1.29 is 0 Å². The monoisotopic (exact) mass is 345 g/mol. The van der Waals surface area contributed by atoms with Crippen molar-refractivity contribution in [1.29, 1.82) is 0 Å². The van der Waals surface area contributed by atoms with Crippen molar-refractivity contribution >= 4 is 16.6 Å². The quantitative estimate of drug-likeness (QED) is 0.737. The number of hydrogen-bond donors (Lipinski definition) is 1. The average Bonchev–Trinajstić information content (AvgIpc) is 3.11. The first-order valence-electron chi connectivity index (χ1n) is 9.89. The van der Waals surface area contributed by atoms with Crippen LogP contribution < -0.4 is 4.90 Å². The van der Waals surface area contributed by atoms with E-state index in [0.717, 1.165) is 19.5 Å². The second-order valence-corrected chi connectivity index (χ2v) is 7.99. The zero-order valence-electron chi connectivity index (χ0n) is 15.5. The Labute approximate surface area is 155 Å². The van der Waals surface area contributed by atoms with Crippen LogP contribution in [0.3, 0.4) is 0 Å². The lowest BCUT2D eigenvalue weighted by Crippen LogP contribution is -2.30. The van der Waals surface area contributed by atoms with Gasteiger partial charge in [0.1, 0.15) is 0 Å². The van der Waals surface area contributed by atoms with Crippen molar-refractivity contribution in [2.24, 2.45) is 0 Å². The van der Waals surface area contributed by atoms with Crippen molar-refractivity contribution in [1.82, 2.24) is 9.88 Å². The molecule has 134 valence electrons. The summed E-state index contributed by atoms with van der Waals surface area (Å²) in [5, 5.41) is 1.42. The van der Waals surface area contributed by atoms with Crippen LogP contribution in [0.2, 0.25) is 0 Å². The average molecular weight is 345 g/mol. The van der Waals surface area contributed by atoms with Gasteiger partial charge in [-0.25, -0.2) is 0 Å². The predicted octanol–water partition coefficient (Wildman–Crippen LogP) is 4.54. The van der Waals surface area contributed by atoms with Crippen LogP contribution >= 0.6 is 0 Å². The van der Waals surface area contributed by atoms with Crippen LogP contribution in [0.4, 0.5) is 5.69 Å². The molecule has 0 spiro atoms. The highest BCUT2D eigenvalue weighted by atomic mass is 15.1. The van der Waals surface area contributed by atoms with Crippen LogP contribution in [0.25, 0.3) is 10.9 Å². The molecule has 5 rings (SSSR count). The molecule has 2 aromatic carbocycles. The fourth-order valence-corrected chi connectivity index (χ4v) is 4.71. The Morgan fingerprint density at radius 3 is 2.62 bits per heavy atom. The molecule has 3 nitrogen and oxygen atoms in total. The molecule has 3 heterocycles. The molecule has 26 heavy (non-hydrogen) atoms. The Kier molecular flexibility index (Phi) is 3.97. The normalized spacial score (nSPS) is 19.0. The van der Waals surface area contributed by atoms with Gasteiger partial charge in [-0.1, -0.05) is 30.3 Å². The van der Waals surface area contributed by atoms with Crippen LogP contribution in [0.5, 0.6) is 0 Å². The summed E-state index contributed by atoms with van der Waals surface area (Å²) in [4.78, 5) is 8.51. The third kappa shape index (κ3) is 2.80. The molecule has 2 aliphatic heterocycles. The van der Waals surface area contributed by atoms with E-state index >= 15 is 0 Å². The number of anilines is 1. The Hall–Kier alpha value is -2.26. The number of fused-ring (bicyclic) bond motifs is 2. The Balaban J connectivity index is 1.41. The van der Waals surface area contributed by atoms with Crippen molar-refractivity contribution in [3.8, 4) is 0 Å². The van der Waals surface area contributed by atoms with Crippen LogP contribution in [-0.2, 0) is 13.0 Å². The minimum Gasteiger partial charge on any atom is -0.367 e. The largest absolute Gasteiger partial charge is 0.367 e. The van der Waals surface area contributed by atoms with Crippen molar-refractivity contribution in [2.45, 2.75) is 31.7 Å². The fraction of sp³-hybridized carbons (Fsp3) is 0.391. The number of piperidine rings is 1. The summed E-state index contributed by atoms with van der Waals surface area (Å²) in [6.45, 7) is 4.54. The number of nitrogens with zero attached hydrogens (tertiary/aromatic N) is 2. The lowest BCUT2D eigenvalue weighted by atomic mass is 9.89. The second-order valence-electron chi connectivity index (χ2n) is 7.99.